The van der Waals surface area contributed by atoms with Gasteiger partial charge in [-0.3, -0.25) is 0 Å². The highest BCUT2D eigenvalue weighted by atomic mass is 32.2. The first-order chi connectivity index (χ1) is 15.9. The second-order valence-corrected chi connectivity index (χ2v) is 10.8. The van der Waals surface area contributed by atoms with E-state index in [-0.39, 0.29) is 15.6 Å². The van der Waals surface area contributed by atoms with Crippen molar-refractivity contribution in [2.24, 2.45) is 0 Å². The zero-order chi connectivity index (χ0) is 23.0. The van der Waals surface area contributed by atoms with Crippen LogP contribution in [0.1, 0.15) is 23.1 Å². The van der Waals surface area contributed by atoms with Gasteiger partial charge in [-0.2, -0.15) is 4.52 Å². The molecule has 0 amide bonds. The minimum Gasteiger partial charge on any atom is -0.369 e. The predicted octanol–water partition coefficient (Wildman–Crippen LogP) is 4.83. The van der Waals surface area contributed by atoms with Crippen molar-refractivity contribution in [2.75, 3.05) is 11.9 Å². The summed E-state index contributed by atoms with van der Waals surface area (Å²) in [6.07, 6.45) is 1.87. The Hall–Kier alpha value is -3.30. The molecule has 0 aliphatic carbocycles. The molecule has 3 aromatic heterocycles. The Morgan fingerprint density at radius 1 is 1.06 bits per heavy atom. The van der Waals surface area contributed by atoms with Gasteiger partial charge >= 0.3 is 0 Å². The van der Waals surface area contributed by atoms with Crippen molar-refractivity contribution in [3.05, 3.63) is 76.7 Å². The normalized spacial score (nSPS) is 11.9. The number of anilines is 1. The summed E-state index contributed by atoms with van der Waals surface area (Å²) >= 11 is 1.54. The van der Waals surface area contributed by atoms with E-state index in [2.05, 4.69) is 32.7 Å². The third kappa shape index (κ3) is 3.98. The molecule has 2 aromatic carbocycles. The lowest BCUT2D eigenvalue weighted by atomic mass is 10.1. The molecule has 0 fully saturated rings. The molecule has 5 rings (SSSR count). The quantitative estimate of drug-likeness (QED) is 0.338. The maximum absolute atomic E-state index is 13.5. The number of hydrogen-bond acceptors (Lipinski definition) is 7. The smallest absolute Gasteiger partial charge is 0.229 e. The Balaban J connectivity index is 1.51. The maximum atomic E-state index is 13.5. The molecule has 168 valence electrons. The molecule has 0 saturated carbocycles. The standard InChI is InChI=1S/C24H23N5O2S2/c1-16-10-11-17(2)20(15-16)33(30,31)24-23-26-22(21-19(12-14-32-21)29(23)28-27-24)25-13-6-9-18-7-4-3-5-8-18/h3-5,7-8,10-12,14-15H,6,9,13H2,1-2H3,(H,25,26). The van der Waals surface area contributed by atoms with Crippen LogP contribution in [-0.2, 0) is 16.3 Å². The second kappa shape index (κ2) is 8.57. The number of thiophene rings is 1. The lowest BCUT2D eigenvalue weighted by molar-refractivity contribution is 0.592. The van der Waals surface area contributed by atoms with E-state index in [9.17, 15) is 8.42 Å². The van der Waals surface area contributed by atoms with E-state index in [4.69, 9.17) is 0 Å². The second-order valence-electron chi connectivity index (χ2n) is 8.01. The van der Waals surface area contributed by atoms with Gasteiger partial charge in [-0.05, 0) is 60.9 Å². The van der Waals surface area contributed by atoms with Crippen LogP contribution < -0.4 is 5.32 Å². The van der Waals surface area contributed by atoms with Gasteiger partial charge in [0.1, 0.15) is 5.82 Å². The number of nitrogens with one attached hydrogen (secondary N) is 1. The number of hydrogen-bond donors (Lipinski definition) is 1. The minimum absolute atomic E-state index is 0.128. The molecule has 0 bridgehead atoms. The number of fused-ring (bicyclic) bond motifs is 3. The average Bonchev–Trinajstić information content (AvgIpc) is 3.46. The van der Waals surface area contributed by atoms with Crippen molar-refractivity contribution in [1.82, 2.24) is 19.8 Å². The van der Waals surface area contributed by atoms with Crippen LogP contribution in [0.5, 0.6) is 0 Å². The van der Waals surface area contributed by atoms with Crippen molar-refractivity contribution < 1.29 is 8.42 Å². The highest BCUT2D eigenvalue weighted by Crippen LogP contribution is 2.32. The summed E-state index contributed by atoms with van der Waals surface area (Å²) in [7, 11) is -3.89. The number of aryl methyl sites for hydroxylation is 3. The van der Waals surface area contributed by atoms with Crippen LogP contribution in [0.15, 0.2) is 69.9 Å². The lowest BCUT2D eigenvalue weighted by Gasteiger charge is -2.09. The molecular weight excluding hydrogens is 454 g/mol. The third-order valence-corrected chi connectivity index (χ3v) is 8.29. The summed E-state index contributed by atoms with van der Waals surface area (Å²) in [6.45, 7) is 4.36. The Morgan fingerprint density at radius 3 is 2.70 bits per heavy atom. The van der Waals surface area contributed by atoms with Gasteiger partial charge < -0.3 is 5.32 Å². The summed E-state index contributed by atoms with van der Waals surface area (Å²) < 4.78 is 29.5. The molecule has 0 aliphatic heterocycles. The number of benzene rings is 2. The first-order valence-electron chi connectivity index (χ1n) is 10.7. The Morgan fingerprint density at radius 2 is 1.88 bits per heavy atom. The van der Waals surface area contributed by atoms with Crippen molar-refractivity contribution in [3.63, 3.8) is 0 Å². The van der Waals surface area contributed by atoms with Crippen molar-refractivity contribution >= 4 is 42.9 Å². The van der Waals surface area contributed by atoms with E-state index in [1.54, 1.807) is 19.1 Å². The van der Waals surface area contributed by atoms with Gasteiger partial charge in [-0.15, -0.1) is 16.4 Å². The monoisotopic (exact) mass is 477 g/mol. The molecule has 5 aromatic rings. The molecular formula is C24H23N5O2S2. The van der Waals surface area contributed by atoms with Crippen LogP contribution in [-0.4, -0.2) is 34.8 Å². The van der Waals surface area contributed by atoms with Crippen molar-refractivity contribution in [1.29, 1.82) is 0 Å². The fraction of sp³-hybridized carbons (Fsp3) is 0.208. The third-order valence-electron chi connectivity index (χ3n) is 5.59. The Kier molecular flexibility index (Phi) is 5.59. The number of aromatic nitrogens is 4. The molecule has 1 N–H and O–H groups in total. The van der Waals surface area contributed by atoms with Gasteiger partial charge in [0.2, 0.25) is 14.9 Å². The topological polar surface area (TPSA) is 89.2 Å². The van der Waals surface area contributed by atoms with E-state index in [1.807, 2.05) is 42.6 Å². The molecule has 0 aliphatic rings. The number of nitrogens with zero attached hydrogens (tertiary/aromatic N) is 4. The average molecular weight is 478 g/mol. The van der Waals surface area contributed by atoms with Gasteiger partial charge in [0.05, 0.1) is 15.1 Å². The van der Waals surface area contributed by atoms with Crippen LogP contribution in [0.3, 0.4) is 0 Å². The van der Waals surface area contributed by atoms with E-state index in [0.29, 0.717) is 17.9 Å². The van der Waals surface area contributed by atoms with E-state index >= 15 is 0 Å². The molecule has 0 radical (unpaired) electrons. The zero-order valence-corrected chi connectivity index (χ0v) is 19.9. The highest BCUT2D eigenvalue weighted by Gasteiger charge is 2.28. The largest absolute Gasteiger partial charge is 0.369 e. The summed E-state index contributed by atoms with van der Waals surface area (Å²) in [5.74, 6) is 0.653. The van der Waals surface area contributed by atoms with E-state index < -0.39 is 9.84 Å². The van der Waals surface area contributed by atoms with Gasteiger partial charge in [0.15, 0.2) is 5.65 Å². The van der Waals surface area contributed by atoms with Crippen molar-refractivity contribution in [3.8, 4) is 0 Å². The van der Waals surface area contributed by atoms with Crippen LogP contribution in [0.25, 0.3) is 15.9 Å². The van der Waals surface area contributed by atoms with Crippen LogP contribution in [0, 0.1) is 13.8 Å². The lowest BCUT2D eigenvalue weighted by Crippen LogP contribution is -2.09. The predicted molar refractivity (Wildman–Crippen MR) is 131 cm³/mol. The molecule has 0 unspecified atom stereocenters. The number of sulfone groups is 1. The molecule has 3 heterocycles. The van der Waals surface area contributed by atoms with Crippen molar-refractivity contribution in [2.45, 2.75) is 36.6 Å². The fourth-order valence-corrected chi connectivity index (χ4v) is 6.26. The van der Waals surface area contributed by atoms with Gasteiger partial charge in [0.25, 0.3) is 0 Å². The molecule has 9 heteroatoms. The number of rotatable bonds is 7. The van der Waals surface area contributed by atoms with Gasteiger partial charge in [0, 0.05) is 6.54 Å². The first kappa shape index (κ1) is 21.5. The molecule has 0 spiro atoms. The van der Waals surface area contributed by atoms with Crippen LogP contribution in [0.2, 0.25) is 0 Å². The summed E-state index contributed by atoms with van der Waals surface area (Å²) in [4.78, 5) is 4.91. The summed E-state index contributed by atoms with van der Waals surface area (Å²) in [6, 6.07) is 17.6. The van der Waals surface area contributed by atoms with Crippen LogP contribution >= 0.6 is 11.3 Å². The van der Waals surface area contributed by atoms with Crippen LogP contribution in [0.4, 0.5) is 5.82 Å². The fourth-order valence-electron chi connectivity index (χ4n) is 3.86. The van der Waals surface area contributed by atoms with E-state index in [1.165, 1.54) is 21.4 Å². The molecule has 7 nitrogen and oxygen atoms in total. The maximum Gasteiger partial charge on any atom is 0.229 e. The SMILES string of the molecule is Cc1ccc(C)c(S(=O)(=O)c2nnn3c2nc(NCCCc2ccccc2)c2sccc23)c1. The Bertz CT molecular complexity index is 1560. The molecule has 0 atom stereocenters. The molecule has 33 heavy (non-hydrogen) atoms. The minimum atomic E-state index is -3.89. The zero-order valence-electron chi connectivity index (χ0n) is 18.3. The molecule has 0 saturated heterocycles. The Labute approximate surface area is 196 Å². The highest BCUT2D eigenvalue weighted by molar-refractivity contribution is 7.91. The van der Waals surface area contributed by atoms with Gasteiger partial charge in [-0.25, -0.2) is 13.4 Å². The van der Waals surface area contributed by atoms with Gasteiger partial charge in [-0.1, -0.05) is 47.7 Å². The summed E-state index contributed by atoms with van der Waals surface area (Å²) in [5.41, 5.74) is 3.82. The summed E-state index contributed by atoms with van der Waals surface area (Å²) in [5, 5.41) is 13.4. The van der Waals surface area contributed by atoms with E-state index in [0.717, 1.165) is 28.6 Å². The first-order valence-corrected chi connectivity index (χ1v) is 13.0.